The largest absolute Gasteiger partial charge is 0.471 e. The van der Waals surface area contributed by atoms with Crippen molar-refractivity contribution in [2.45, 2.75) is 19.4 Å². The number of halogens is 2. The average molecular weight is 481 g/mol. The number of nitrogens with one attached hydrogen (secondary N) is 1. The Labute approximate surface area is 202 Å². The third-order valence-electron chi connectivity index (χ3n) is 5.49. The van der Waals surface area contributed by atoms with Crippen LogP contribution in [0.3, 0.4) is 0 Å². The molecule has 168 valence electrons. The first-order valence-corrected chi connectivity index (χ1v) is 11.1. The molecule has 5 nitrogen and oxygen atoms in total. The maximum atomic E-state index is 13.8. The summed E-state index contributed by atoms with van der Waals surface area (Å²) in [5, 5.41) is 3.88. The Balaban J connectivity index is 1.72. The van der Waals surface area contributed by atoms with Gasteiger partial charge in [-0.2, -0.15) is 0 Å². The molecule has 0 unspecified atom stereocenters. The summed E-state index contributed by atoms with van der Waals surface area (Å²) in [5.74, 6) is -0.245. The van der Waals surface area contributed by atoms with Crippen LogP contribution in [0.4, 0.5) is 5.69 Å². The topological polar surface area (TPSA) is 58.6 Å². The van der Waals surface area contributed by atoms with Gasteiger partial charge in [-0.15, -0.1) is 0 Å². The Kier molecular flexibility index (Phi) is 6.45. The lowest BCUT2D eigenvalue weighted by molar-refractivity contribution is -0.145. The Morgan fingerprint density at radius 3 is 2.21 bits per heavy atom. The zero-order chi connectivity index (χ0) is 23.6. The third kappa shape index (κ3) is 4.75. The molecule has 1 aliphatic rings. The van der Waals surface area contributed by atoms with Gasteiger partial charge < -0.3 is 10.1 Å². The molecule has 0 radical (unpaired) electrons. The SMILES string of the molecule is CC(C)(C(=O)Nc1cccc(Cl)c1)N1COC(c2cccc(Cl)c2)=C(c2ccccc2)C1=O. The molecule has 33 heavy (non-hydrogen) atoms. The number of anilines is 1. The van der Waals surface area contributed by atoms with Crippen LogP contribution in [0.1, 0.15) is 25.0 Å². The van der Waals surface area contributed by atoms with E-state index in [2.05, 4.69) is 5.32 Å². The zero-order valence-electron chi connectivity index (χ0n) is 18.1. The highest BCUT2D eigenvalue weighted by Gasteiger charge is 2.43. The lowest BCUT2D eigenvalue weighted by atomic mass is 9.94. The maximum Gasteiger partial charge on any atom is 0.261 e. The van der Waals surface area contributed by atoms with Crippen LogP contribution in [0.15, 0.2) is 78.9 Å². The Morgan fingerprint density at radius 2 is 1.55 bits per heavy atom. The number of nitrogens with zero attached hydrogens (tertiary/aromatic N) is 1. The molecule has 0 fully saturated rings. The number of ether oxygens (including phenoxy) is 1. The van der Waals surface area contributed by atoms with Gasteiger partial charge in [-0.05, 0) is 49.7 Å². The van der Waals surface area contributed by atoms with Crippen LogP contribution in [0.2, 0.25) is 10.0 Å². The summed E-state index contributed by atoms with van der Waals surface area (Å²) >= 11 is 12.2. The first-order valence-electron chi connectivity index (χ1n) is 10.3. The van der Waals surface area contributed by atoms with Crippen molar-refractivity contribution in [2.24, 2.45) is 0 Å². The van der Waals surface area contributed by atoms with Crippen molar-refractivity contribution in [1.29, 1.82) is 0 Å². The van der Waals surface area contributed by atoms with Crippen molar-refractivity contribution in [3.63, 3.8) is 0 Å². The molecule has 1 aliphatic heterocycles. The molecule has 0 spiro atoms. The molecule has 2 amide bonds. The highest BCUT2D eigenvalue weighted by Crippen LogP contribution is 2.36. The summed E-state index contributed by atoms with van der Waals surface area (Å²) in [5.41, 5.74) is 1.08. The Hall–Kier alpha value is -3.28. The van der Waals surface area contributed by atoms with Gasteiger partial charge in [0.1, 0.15) is 11.3 Å². The standard InChI is InChI=1S/C26H22Cl2N2O3/c1-26(2,25(32)29-21-13-7-12-20(28)15-21)30-16-33-23(18-10-6-11-19(27)14-18)22(24(30)31)17-8-4-3-5-9-17/h3-15H,16H2,1-2H3,(H,29,32). The summed E-state index contributed by atoms with van der Waals surface area (Å²) in [7, 11) is 0. The van der Waals surface area contributed by atoms with Crippen molar-refractivity contribution in [1.82, 2.24) is 4.90 Å². The second kappa shape index (κ2) is 9.30. The van der Waals surface area contributed by atoms with E-state index in [1.807, 2.05) is 36.4 Å². The predicted octanol–water partition coefficient (Wildman–Crippen LogP) is 6.10. The first kappa shape index (κ1) is 22.9. The van der Waals surface area contributed by atoms with Crippen molar-refractivity contribution >= 4 is 52.0 Å². The molecular weight excluding hydrogens is 459 g/mol. The van der Waals surface area contributed by atoms with E-state index in [1.54, 1.807) is 56.3 Å². The van der Waals surface area contributed by atoms with Crippen LogP contribution in [-0.2, 0) is 14.3 Å². The Bertz CT molecular complexity index is 1240. The minimum Gasteiger partial charge on any atom is -0.471 e. The summed E-state index contributed by atoms with van der Waals surface area (Å²) in [6, 6.07) is 23.2. The normalized spacial score (nSPS) is 14.2. The van der Waals surface area contributed by atoms with Gasteiger partial charge in [-0.1, -0.05) is 71.7 Å². The summed E-state index contributed by atoms with van der Waals surface area (Å²) < 4.78 is 6.10. The van der Waals surface area contributed by atoms with E-state index >= 15 is 0 Å². The van der Waals surface area contributed by atoms with E-state index in [1.165, 1.54) is 4.90 Å². The van der Waals surface area contributed by atoms with Gasteiger partial charge >= 0.3 is 0 Å². The summed E-state index contributed by atoms with van der Waals surface area (Å²) in [6.45, 7) is 3.27. The Morgan fingerprint density at radius 1 is 0.909 bits per heavy atom. The minimum absolute atomic E-state index is 0.0903. The van der Waals surface area contributed by atoms with Gasteiger partial charge in [-0.25, -0.2) is 0 Å². The molecule has 1 N–H and O–H groups in total. The maximum absolute atomic E-state index is 13.8. The van der Waals surface area contributed by atoms with Crippen LogP contribution in [0.5, 0.6) is 0 Å². The molecule has 7 heteroatoms. The number of amides is 2. The molecule has 0 aliphatic carbocycles. The zero-order valence-corrected chi connectivity index (χ0v) is 19.7. The van der Waals surface area contributed by atoms with Crippen molar-refractivity contribution < 1.29 is 14.3 Å². The van der Waals surface area contributed by atoms with Gasteiger partial charge in [0.15, 0.2) is 6.73 Å². The fourth-order valence-corrected chi connectivity index (χ4v) is 3.98. The third-order valence-corrected chi connectivity index (χ3v) is 5.96. The van der Waals surface area contributed by atoms with E-state index in [9.17, 15) is 9.59 Å². The number of carbonyl (C=O) groups is 2. The van der Waals surface area contributed by atoms with E-state index in [0.717, 1.165) is 0 Å². The molecule has 0 saturated heterocycles. The number of benzene rings is 3. The van der Waals surface area contributed by atoms with Gasteiger partial charge in [0.25, 0.3) is 5.91 Å². The quantitative estimate of drug-likeness (QED) is 0.480. The fourth-order valence-electron chi connectivity index (χ4n) is 3.60. The second-order valence-electron chi connectivity index (χ2n) is 8.11. The molecule has 0 saturated carbocycles. The van der Waals surface area contributed by atoms with Crippen LogP contribution in [-0.4, -0.2) is 29.0 Å². The van der Waals surface area contributed by atoms with Gasteiger partial charge in [-0.3, -0.25) is 14.5 Å². The molecule has 4 rings (SSSR count). The van der Waals surface area contributed by atoms with Crippen molar-refractivity contribution in [2.75, 3.05) is 12.0 Å². The van der Waals surface area contributed by atoms with Crippen molar-refractivity contribution in [3.8, 4) is 0 Å². The van der Waals surface area contributed by atoms with E-state index in [0.29, 0.717) is 38.2 Å². The lowest BCUT2D eigenvalue weighted by Crippen LogP contribution is -2.57. The average Bonchev–Trinajstić information content (AvgIpc) is 2.79. The van der Waals surface area contributed by atoms with Gasteiger partial charge in [0, 0.05) is 21.3 Å². The predicted molar refractivity (Wildman–Crippen MR) is 132 cm³/mol. The molecule has 0 bridgehead atoms. The van der Waals surface area contributed by atoms with Gasteiger partial charge in [0.2, 0.25) is 5.91 Å². The number of carbonyl (C=O) groups excluding carboxylic acids is 2. The highest BCUT2D eigenvalue weighted by atomic mass is 35.5. The second-order valence-corrected chi connectivity index (χ2v) is 8.98. The van der Waals surface area contributed by atoms with E-state index in [-0.39, 0.29) is 18.5 Å². The minimum atomic E-state index is -1.21. The summed E-state index contributed by atoms with van der Waals surface area (Å²) in [4.78, 5) is 28.4. The van der Waals surface area contributed by atoms with Crippen LogP contribution in [0, 0.1) is 0 Å². The number of hydrogen-bond acceptors (Lipinski definition) is 3. The highest BCUT2D eigenvalue weighted by molar-refractivity contribution is 6.31. The van der Waals surface area contributed by atoms with Crippen LogP contribution in [0.25, 0.3) is 11.3 Å². The molecule has 3 aromatic rings. The molecular formula is C26H22Cl2N2O3. The monoisotopic (exact) mass is 480 g/mol. The van der Waals surface area contributed by atoms with Crippen LogP contribution < -0.4 is 5.32 Å². The summed E-state index contributed by atoms with van der Waals surface area (Å²) in [6.07, 6.45) is 0. The molecule has 3 aromatic carbocycles. The fraction of sp³-hybridized carbons (Fsp3) is 0.154. The van der Waals surface area contributed by atoms with E-state index < -0.39 is 5.54 Å². The molecule has 0 atom stereocenters. The van der Waals surface area contributed by atoms with E-state index in [4.69, 9.17) is 27.9 Å². The first-order chi connectivity index (χ1) is 15.8. The van der Waals surface area contributed by atoms with Gasteiger partial charge in [0.05, 0.1) is 5.57 Å². The number of hydrogen-bond donors (Lipinski definition) is 1. The molecule has 0 aromatic heterocycles. The smallest absolute Gasteiger partial charge is 0.261 e. The molecule has 1 heterocycles. The number of rotatable bonds is 5. The lowest BCUT2D eigenvalue weighted by Gasteiger charge is -2.40. The van der Waals surface area contributed by atoms with Crippen molar-refractivity contribution in [3.05, 3.63) is 100 Å². The van der Waals surface area contributed by atoms with Crippen LogP contribution >= 0.6 is 23.2 Å².